The molecule has 9 aromatic carbocycles. The molecule has 1 N–H and O–H groups in total. The zero-order valence-electron chi connectivity index (χ0n) is 32.5. The molecular formula is C54H41BN2. The smallest absolute Gasteiger partial charge is 0.198 e. The third kappa shape index (κ3) is 5.49. The fourth-order valence-electron chi connectivity index (χ4n) is 9.27. The van der Waals surface area contributed by atoms with Gasteiger partial charge in [-0.15, -0.1) is 0 Å². The van der Waals surface area contributed by atoms with Crippen LogP contribution in [0.15, 0.2) is 182 Å². The molecular weight excluding hydrogens is 687 g/mol. The number of fused-ring (bicyclic) bond motifs is 8. The van der Waals surface area contributed by atoms with Crippen molar-refractivity contribution in [2.24, 2.45) is 0 Å². The van der Waals surface area contributed by atoms with E-state index < -0.39 is 0 Å². The molecule has 0 saturated heterocycles. The SMILES string of the molecule is CC(C)(C)c1ccc(Nc2c(-c3cc4ccccc4c4c3Bc3cc(-c5ccccc5)cc5c6cc(-c7ccccc7)ccc6n-4c35)ccc3ccccc23)cc1. The highest BCUT2D eigenvalue weighted by Crippen LogP contribution is 2.43. The molecule has 0 amide bonds. The number of rotatable bonds is 5. The lowest BCUT2D eigenvalue weighted by Crippen LogP contribution is -2.37. The van der Waals surface area contributed by atoms with E-state index in [4.69, 9.17) is 0 Å². The quantitative estimate of drug-likeness (QED) is 0.175. The van der Waals surface area contributed by atoms with Gasteiger partial charge in [-0.05, 0) is 91.4 Å². The number of nitrogens with one attached hydrogen (secondary N) is 1. The van der Waals surface area contributed by atoms with Crippen LogP contribution in [0.4, 0.5) is 11.4 Å². The second kappa shape index (κ2) is 12.9. The fraction of sp³-hybridized carbons (Fsp3) is 0.0741. The monoisotopic (exact) mass is 728 g/mol. The minimum Gasteiger partial charge on any atom is -0.355 e. The summed E-state index contributed by atoms with van der Waals surface area (Å²) in [6.45, 7) is 6.81. The molecule has 0 saturated carbocycles. The molecule has 1 aliphatic heterocycles. The van der Waals surface area contributed by atoms with Crippen molar-refractivity contribution in [3.05, 3.63) is 188 Å². The summed E-state index contributed by atoms with van der Waals surface area (Å²) in [5, 5.41) is 11.5. The fourth-order valence-corrected chi connectivity index (χ4v) is 9.27. The van der Waals surface area contributed by atoms with Gasteiger partial charge in [0, 0.05) is 44.0 Å². The first-order valence-electron chi connectivity index (χ1n) is 20.1. The summed E-state index contributed by atoms with van der Waals surface area (Å²) in [5.41, 5.74) is 17.5. The topological polar surface area (TPSA) is 17.0 Å². The van der Waals surface area contributed by atoms with Gasteiger partial charge in [-0.2, -0.15) is 0 Å². The van der Waals surface area contributed by atoms with E-state index >= 15 is 0 Å². The summed E-state index contributed by atoms with van der Waals surface area (Å²) in [7, 11) is 0.821. The van der Waals surface area contributed by atoms with E-state index in [1.807, 2.05) is 0 Å². The Morgan fingerprint density at radius 3 is 1.86 bits per heavy atom. The molecule has 1 aromatic heterocycles. The molecule has 0 bridgehead atoms. The summed E-state index contributed by atoms with van der Waals surface area (Å²) in [4.78, 5) is 0. The van der Waals surface area contributed by atoms with Crippen molar-refractivity contribution >= 4 is 72.9 Å². The Morgan fingerprint density at radius 2 is 1.12 bits per heavy atom. The maximum atomic E-state index is 3.96. The molecule has 57 heavy (non-hydrogen) atoms. The van der Waals surface area contributed by atoms with Gasteiger partial charge in [0.05, 0.1) is 11.2 Å². The lowest BCUT2D eigenvalue weighted by molar-refractivity contribution is 0.590. The van der Waals surface area contributed by atoms with Crippen LogP contribution in [0.2, 0.25) is 0 Å². The van der Waals surface area contributed by atoms with Crippen molar-refractivity contribution < 1.29 is 0 Å². The van der Waals surface area contributed by atoms with Gasteiger partial charge < -0.3 is 9.88 Å². The molecule has 10 aromatic rings. The highest BCUT2D eigenvalue weighted by atomic mass is 15.0. The van der Waals surface area contributed by atoms with E-state index in [1.54, 1.807) is 0 Å². The van der Waals surface area contributed by atoms with Gasteiger partial charge in [0.15, 0.2) is 7.28 Å². The molecule has 2 nitrogen and oxygen atoms in total. The standard InChI is InChI=1S/C54H41BN2/c1-54(2,3)40-24-26-41(27-25-40)56-51-42-20-12-10-18-36(42)22-28-44(51)46-31-38-19-11-13-21-43(38)53-50(46)55-48-33-39(35-16-8-5-9-17-35)32-47-45-30-37(34-14-6-4-7-15-34)23-29-49(45)57(53)52(47)48/h4-33,55-56H,1-3H3. The van der Waals surface area contributed by atoms with E-state index in [0.29, 0.717) is 0 Å². The number of aromatic nitrogens is 1. The molecule has 0 aliphatic carbocycles. The molecule has 1 aliphatic rings. The first-order chi connectivity index (χ1) is 27.9. The molecule has 0 radical (unpaired) electrons. The third-order valence-corrected chi connectivity index (χ3v) is 12.1. The van der Waals surface area contributed by atoms with Crippen LogP contribution < -0.4 is 16.2 Å². The number of hydrogen-bond donors (Lipinski definition) is 1. The van der Waals surface area contributed by atoms with Crippen LogP contribution >= 0.6 is 0 Å². The van der Waals surface area contributed by atoms with Crippen molar-refractivity contribution in [1.82, 2.24) is 4.57 Å². The number of benzene rings is 9. The molecule has 2 heterocycles. The van der Waals surface area contributed by atoms with Gasteiger partial charge in [0.25, 0.3) is 0 Å². The van der Waals surface area contributed by atoms with Crippen LogP contribution in [0.1, 0.15) is 26.3 Å². The lowest BCUT2D eigenvalue weighted by Gasteiger charge is -2.27. The summed E-state index contributed by atoms with van der Waals surface area (Å²) in [5.74, 6) is 0. The van der Waals surface area contributed by atoms with Crippen molar-refractivity contribution in [2.75, 3.05) is 5.32 Å². The number of hydrogen-bond acceptors (Lipinski definition) is 1. The molecule has 0 fully saturated rings. The zero-order valence-corrected chi connectivity index (χ0v) is 32.5. The normalized spacial score (nSPS) is 12.3. The second-order valence-electron chi connectivity index (χ2n) is 16.6. The first-order valence-corrected chi connectivity index (χ1v) is 20.1. The van der Waals surface area contributed by atoms with E-state index in [1.165, 1.54) is 98.9 Å². The molecule has 0 unspecified atom stereocenters. The Hall–Kier alpha value is -6.84. The molecule has 11 rings (SSSR count). The van der Waals surface area contributed by atoms with Crippen LogP contribution in [-0.2, 0) is 5.41 Å². The van der Waals surface area contributed by atoms with Crippen LogP contribution in [0.25, 0.3) is 82.4 Å². The molecule has 270 valence electrons. The highest BCUT2D eigenvalue weighted by Gasteiger charge is 2.29. The molecule has 0 atom stereocenters. The average molecular weight is 729 g/mol. The Labute approximate surface area is 334 Å². The molecule has 0 spiro atoms. The zero-order chi connectivity index (χ0) is 38.3. The van der Waals surface area contributed by atoms with E-state index in [-0.39, 0.29) is 5.41 Å². The third-order valence-electron chi connectivity index (χ3n) is 12.1. The first kappa shape index (κ1) is 33.5. The van der Waals surface area contributed by atoms with Crippen molar-refractivity contribution in [3.63, 3.8) is 0 Å². The van der Waals surface area contributed by atoms with Gasteiger partial charge in [-0.3, -0.25) is 0 Å². The summed E-state index contributed by atoms with van der Waals surface area (Å²) < 4.78 is 2.59. The summed E-state index contributed by atoms with van der Waals surface area (Å²) >= 11 is 0. The maximum Gasteiger partial charge on any atom is 0.198 e. The van der Waals surface area contributed by atoms with E-state index in [2.05, 4.69) is 213 Å². The number of nitrogens with zero attached hydrogens (tertiary/aromatic N) is 1. The van der Waals surface area contributed by atoms with Gasteiger partial charge in [0.2, 0.25) is 0 Å². The largest absolute Gasteiger partial charge is 0.355 e. The Balaban J connectivity index is 1.21. The minimum atomic E-state index is 0.0845. The van der Waals surface area contributed by atoms with E-state index in [9.17, 15) is 0 Å². The van der Waals surface area contributed by atoms with Crippen LogP contribution in [0, 0.1) is 0 Å². The lowest BCUT2D eigenvalue weighted by atomic mass is 9.58. The van der Waals surface area contributed by atoms with Crippen molar-refractivity contribution in [2.45, 2.75) is 26.2 Å². The molecule has 3 heteroatoms. The summed E-state index contributed by atoms with van der Waals surface area (Å²) in [6, 6.07) is 67.3. The van der Waals surface area contributed by atoms with Crippen molar-refractivity contribution in [1.29, 1.82) is 0 Å². The maximum absolute atomic E-state index is 3.96. The van der Waals surface area contributed by atoms with Gasteiger partial charge in [-0.1, -0.05) is 172 Å². The van der Waals surface area contributed by atoms with Crippen LogP contribution in [0.3, 0.4) is 0 Å². The summed E-state index contributed by atoms with van der Waals surface area (Å²) in [6.07, 6.45) is 0. The number of anilines is 2. The Morgan fingerprint density at radius 1 is 0.474 bits per heavy atom. The minimum absolute atomic E-state index is 0.0845. The Kier molecular flexibility index (Phi) is 7.56. The van der Waals surface area contributed by atoms with Crippen molar-refractivity contribution in [3.8, 4) is 39.1 Å². The highest BCUT2D eigenvalue weighted by molar-refractivity contribution is 6.74. The van der Waals surface area contributed by atoms with Gasteiger partial charge in [0.1, 0.15) is 0 Å². The van der Waals surface area contributed by atoms with Crippen LogP contribution in [0.5, 0.6) is 0 Å². The van der Waals surface area contributed by atoms with Gasteiger partial charge in [-0.25, -0.2) is 0 Å². The predicted octanol–water partition coefficient (Wildman–Crippen LogP) is 12.8. The van der Waals surface area contributed by atoms with Crippen LogP contribution in [-0.4, -0.2) is 11.8 Å². The van der Waals surface area contributed by atoms with Gasteiger partial charge >= 0.3 is 0 Å². The predicted molar refractivity (Wildman–Crippen MR) is 247 cm³/mol. The average Bonchev–Trinajstić information content (AvgIpc) is 3.58. The van der Waals surface area contributed by atoms with E-state index in [0.717, 1.165) is 18.7 Å². The Bertz CT molecular complexity index is 3190. The second-order valence-corrected chi connectivity index (χ2v) is 16.6.